The summed E-state index contributed by atoms with van der Waals surface area (Å²) < 4.78 is 16.1. The standard InChI is InChI=1S/C16H18BrFN2O/c1-10-15(17)16(12-3-5-13(18)6-4-12)20(19-10)9-11-2-7-14(21)8-11/h3-6,11,14,21H,2,7-9H2,1H3. The third-order valence-electron chi connectivity index (χ3n) is 4.12. The maximum absolute atomic E-state index is 13.1. The van der Waals surface area contributed by atoms with Crippen LogP contribution in [0.1, 0.15) is 25.0 Å². The number of halogens is 2. The SMILES string of the molecule is Cc1nn(CC2CCC(O)C2)c(-c2ccc(F)cc2)c1Br. The van der Waals surface area contributed by atoms with Crippen LogP contribution >= 0.6 is 15.9 Å². The molecule has 5 heteroatoms. The summed E-state index contributed by atoms with van der Waals surface area (Å²) in [7, 11) is 0. The molecule has 0 aliphatic heterocycles. The van der Waals surface area contributed by atoms with Crippen LogP contribution in [0.4, 0.5) is 4.39 Å². The van der Waals surface area contributed by atoms with Gasteiger partial charge in [0.05, 0.1) is 22.0 Å². The van der Waals surface area contributed by atoms with Gasteiger partial charge >= 0.3 is 0 Å². The highest BCUT2D eigenvalue weighted by Gasteiger charge is 2.25. The van der Waals surface area contributed by atoms with Crippen LogP contribution in [-0.2, 0) is 6.54 Å². The number of hydrogen-bond acceptors (Lipinski definition) is 2. The van der Waals surface area contributed by atoms with Crippen molar-refractivity contribution in [2.75, 3.05) is 0 Å². The zero-order valence-corrected chi connectivity index (χ0v) is 13.5. The Bertz CT molecular complexity index is 638. The van der Waals surface area contributed by atoms with Crippen molar-refractivity contribution in [1.82, 2.24) is 9.78 Å². The van der Waals surface area contributed by atoms with Crippen molar-refractivity contribution in [2.45, 2.75) is 38.8 Å². The van der Waals surface area contributed by atoms with Crippen molar-refractivity contribution in [3.8, 4) is 11.3 Å². The van der Waals surface area contributed by atoms with Gasteiger partial charge in [-0.15, -0.1) is 0 Å². The number of aliphatic hydroxyl groups is 1. The molecular formula is C16H18BrFN2O. The van der Waals surface area contributed by atoms with E-state index in [4.69, 9.17) is 0 Å². The maximum Gasteiger partial charge on any atom is 0.123 e. The van der Waals surface area contributed by atoms with E-state index in [0.29, 0.717) is 5.92 Å². The molecule has 2 unspecified atom stereocenters. The smallest absolute Gasteiger partial charge is 0.123 e. The summed E-state index contributed by atoms with van der Waals surface area (Å²) in [5, 5.41) is 14.3. The van der Waals surface area contributed by atoms with Gasteiger partial charge in [-0.25, -0.2) is 4.39 Å². The van der Waals surface area contributed by atoms with Crippen LogP contribution in [-0.4, -0.2) is 21.0 Å². The Balaban J connectivity index is 1.93. The predicted molar refractivity (Wildman–Crippen MR) is 83.4 cm³/mol. The molecule has 21 heavy (non-hydrogen) atoms. The fourth-order valence-corrected chi connectivity index (χ4v) is 3.55. The Labute approximate surface area is 131 Å². The van der Waals surface area contributed by atoms with Gasteiger partial charge in [0.2, 0.25) is 0 Å². The van der Waals surface area contributed by atoms with Crippen LogP contribution in [0.15, 0.2) is 28.7 Å². The van der Waals surface area contributed by atoms with Crippen LogP contribution in [0.2, 0.25) is 0 Å². The Kier molecular flexibility index (Phi) is 4.13. The van der Waals surface area contributed by atoms with Gasteiger partial charge in [-0.05, 0) is 72.3 Å². The molecule has 1 aliphatic carbocycles. The van der Waals surface area contributed by atoms with Crippen LogP contribution < -0.4 is 0 Å². The summed E-state index contributed by atoms with van der Waals surface area (Å²) in [4.78, 5) is 0. The summed E-state index contributed by atoms with van der Waals surface area (Å²) in [5.41, 5.74) is 2.85. The molecule has 1 aliphatic rings. The topological polar surface area (TPSA) is 38.0 Å². The minimum atomic E-state index is -0.239. The lowest BCUT2D eigenvalue weighted by Gasteiger charge is -2.13. The van der Waals surface area contributed by atoms with E-state index in [-0.39, 0.29) is 11.9 Å². The number of nitrogens with zero attached hydrogens (tertiary/aromatic N) is 2. The zero-order valence-electron chi connectivity index (χ0n) is 11.9. The molecule has 0 bridgehead atoms. The first-order valence-electron chi connectivity index (χ1n) is 7.21. The van der Waals surface area contributed by atoms with Crippen molar-refractivity contribution in [1.29, 1.82) is 0 Å². The van der Waals surface area contributed by atoms with Crippen molar-refractivity contribution in [2.24, 2.45) is 5.92 Å². The van der Waals surface area contributed by atoms with E-state index in [0.717, 1.165) is 47.2 Å². The number of rotatable bonds is 3. The molecule has 0 radical (unpaired) electrons. The number of aryl methyl sites for hydroxylation is 1. The highest BCUT2D eigenvalue weighted by Crippen LogP contribution is 2.34. The van der Waals surface area contributed by atoms with Gasteiger partial charge in [0.1, 0.15) is 5.82 Å². The van der Waals surface area contributed by atoms with Crippen molar-refractivity contribution >= 4 is 15.9 Å². The first kappa shape index (κ1) is 14.7. The first-order valence-corrected chi connectivity index (χ1v) is 8.01. The molecule has 112 valence electrons. The lowest BCUT2D eigenvalue weighted by molar-refractivity contribution is 0.175. The molecule has 1 heterocycles. The molecular weight excluding hydrogens is 335 g/mol. The second-order valence-corrected chi connectivity index (χ2v) is 6.56. The van der Waals surface area contributed by atoms with E-state index in [9.17, 15) is 9.50 Å². The number of benzene rings is 1. The van der Waals surface area contributed by atoms with E-state index in [1.54, 1.807) is 12.1 Å². The molecule has 3 nitrogen and oxygen atoms in total. The van der Waals surface area contributed by atoms with Crippen LogP contribution in [0.3, 0.4) is 0 Å². The van der Waals surface area contributed by atoms with Gasteiger partial charge in [0.25, 0.3) is 0 Å². The minimum Gasteiger partial charge on any atom is -0.393 e. The van der Waals surface area contributed by atoms with Gasteiger partial charge in [-0.2, -0.15) is 5.10 Å². The highest BCUT2D eigenvalue weighted by molar-refractivity contribution is 9.10. The van der Waals surface area contributed by atoms with Crippen LogP contribution in [0, 0.1) is 18.7 Å². The maximum atomic E-state index is 13.1. The molecule has 1 aromatic heterocycles. The Morgan fingerprint density at radius 3 is 2.67 bits per heavy atom. The fraction of sp³-hybridized carbons (Fsp3) is 0.438. The van der Waals surface area contributed by atoms with Crippen molar-refractivity contribution in [3.05, 3.63) is 40.2 Å². The second kappa shape index (κ2) is 5.89. The normalized spacial score (nSPS) is 21.9. The molecule has 1 saturated carbocycles. The molecule has 2 aromatic rings. The molecule has 1 N–H and O–H groups in total. The van der Waals surface area contributed by atoms with Crippen LogP contribution in [0.5, 0.6) is 0 Å². The van der Waals surface area contributed by atoms with Crippen LogP contribution in [0.25, 0.3) is 11.3 Å². The minimum absolute atomic E-state index is 0.177. The molecule has 0 spiro atoms. The van der Waals surface area contributed by atoms with Gasteiger partial charge in [0, 0.05) is 12.1 Å². The van der Waals surface area contributed by atoms with Gasteiger partial charge in [-0.1, -0.05) is 0 Å². The Morgan fingerprint density at radius 2 is 2.05 bits per heavy atom. The van der Waals surface area contributed by atoms with Crippen molar-refractivity contribution < 1.29 is 9.50 Å². The Morgan fingerprint density at radius 1 is 1.33 bits per heavy atom. The second-order valence-electron chi connectivity index (χ2n) is 5.77. The first-order chi connectivity index (χ1) is 10.0. The van der Waals surface area contributed by atoms with E-state index >= 15 is 0 Å². The molecule has 0 saturated heterocycles. The summed E-state index contributed by atoms with van der Waals surface area (Å²) in [6.07, 6.45) is 2.56. The molecule has 1 aromatic carbocycles. The largest absolute Gasteiger partial charge is 0.393 e. The predicted octanol–water partition coefficient (Wildman–Crippen LogP) is 3.92. The summed E-state index contributed by atoms with van der Waals surface area (Å²) in [5.74, 6) is 0.210. The van der Waals surface area contributed by atoms with E-state index in [1.165, 1.54) is 12.1 Å². The molecule has 0 amide bonds. The summed E-state index contributed by atoms with van der Waals surface area (Å²) in [6, 6.07) is 6.48. The number of hydrogen-bond donors (Lipinski definition) is 1. The quantitative estimate of drug-likeness (QED) is 0.908. The Hall–Kier alpha value is -1.20. The average Bonchev–Trinajstić information content (AvgIpc) is 2.97. The zero-order chi connectivity index (χ0) is 15.0. The molecule has 1 fully saturated rings. The summed E-state index contributed by atoms with van der Waals surface area (Å²) >= 11 is 3.59. The van der Waals surface area contributed by atoms with Gasteiger partial charge < -0.3 is 5.11 Å². The molecule has 2 atom stereocenters. The average molecular weight is 353 g/mol. The lowest BCUT2D eigenvalue weighted by Crippen LogP contribution is -2.11. The lowest BCUT2D eigenvalue weighted by atomic mass is 10.1. The van der Waals surface area contributed by atoms with Crippen molar-refractivity contribution in [3.63, 3.8) is 0 Å². The fourth-order valence-electron chi connectivity index (χ4n) is 3.03. The molecule has 3 rings (SSSR count). The summed E-state index contributed by atoms with van der Waals surface area (Å²) in [6.45, 7) is 2.74. The monoisotopic (exact) mass is 352 g/mol. The number of aromatic nitrogens is 2. The van der Waals surface area contributed by atoms with E-state index in [1.807, 2.05) is 11.6 Å². The number of aliphatic hydroxyl groups excluding tert-OH is 1. The van der Waals surface area contributed by atoms with Gasteiger partial charge in [-0.3, -0.25) is 4.68 Å². The van der Waals surface area contributed by atoms with E-state index in [2.05, 4.69) is 21.0 Å². The third kappa shape index (κ3) is 3.04. The highest BCUT2D eigenvalue weighted by atomic mass is 79.9. The third-order valence-corrected chi connectivity index (χ3v) is 5.07. The van der Waals surface area contributed by atoms with Gasteiger partial charge in [0.15, 0.2) is 0 Å². The van der Waals surface area contributed by atoms with E-state index < -0.39 is 0 Å².